The van der Waals surface area contributed by atoms with E-state index >= 15 is 0 Å². The number of amides is 1. The fourth-order valence-corrected chi connectivity index (χ4v) is 7.79. The van der Waals surface area contributed by atoms with E-state index in [-0.39, 0.29) is 36.7 Å². The van der Waals surface area contributed by atoms with Crippen LogP contribution in [-0.2, 0) is 25.5 Å². The van der Waals surface area contributed by atoms with Crippen LogP contribution in [0.1, 0.15) is 33.7 Å². The van der Waals surface area contributed by atoms with Crippen LogP contribution < -0.4 is 5.32 Å². The number of rotatable bonds is 14. The van der Waals surface area contributed by atoms with Crippen LogP contribution in [-0.4, -0.2) is 55.9 Å². The first-order valence-electron chi connectivity index (χ1n) is 17.1. The van der Waals surface area contributed by atoms with Crippen molar-refractivity contribution < 1.29 is 27.4 Å². The Bertz CT molecular complexity index is 1820. The Labute approximate surface area is 311 Å². The number of hydrogen-bond acceptors (Lipinski definition) is 4. The van der Waals surface area contributed by atoms with Crippen LogP contribution in [0.25, 0.3) is 0 Å². The smallest absolute Gasteiger partial charge is 0.359 e. The zero-order valence-electron chi connectivity index (χ0n) is 28.7. The number of ether oxygens (including phenoxy) is 2. The minimum absolute atomic E-state index is 0.0703. The third kappa shape index (κ3) is 6.98. The molecule has 4 atom stereocenters. The lowest BCUT2D eigenvalue weighted by Gasteiger charge is -2.56. The molecular formula is C43H40BrF3N2O3. The molecule has 1 fully saturated rings. The summed E-state index contributed by atoms with van der Waals surface area (Å²) in [5.41, 5.74) is -0.627. The molecule has 1 heterocycles. The summed E-state index contributed by atoms with van der Waals surface area (Å²) in [5.74, 6) is -1.49. The Morgan fingerprint density at radius 1 is 0.750 bits per heavy atom. The molecule has 1 aliphatic heterocycles. The molecule has 0 radical (unpaired) electrons. The van der Waals surface area contributed by atoms with Gasteiger partial charge in [-0.2, -0.15) is 13.2 Å². The third-order valence-electron chi connectivity index (χ3n) is 9.96. The third-order valence-corrected chi connectivity index (χ3v) is 10.5. The second-order valence-electron chi connectivity index (χ2n) is 12.7. The van der Waals surface area contributed by atoms with Crippen LogP contribution in [0, 0.1) is 0 Å². The lowest BCUT2D eigenvalue weighted by atomic mass is 9.74. The molecule has 0 aromatic heterocycles. The predicted octanol–water partition coefficient (Wildman–Crippen LogP) is 9.00. The van der Waals surface area contributed by atoms with Gasteiger partial charge in [-0.1, -0.05) is 155 Å². The first-order valence-corrected chi connectivity index (χ1v) is 17.8. The van der Waals surface area contributed by atoms with Crippen LogP contribution in [0.2, 0.25) is 0 Å². The molecule has 1 aliphatic rings. The number of halogens is 4. The molecule has 268 valence electrons. The summed E-state index contributed by atoms with van der Waals surface area (Å²) in [6.45, 7) is 4.59. The van der Waals surface area contributed by atoms with Gasteiger partial charge in [-0.15, -0.1) is 6.58 Å². The van der Waals surface area contributed by atoms with Gasteiger partial charge in [0.2, 0.25) is 0 Å². The first kappa shape index (κ1) is 37.2. The van der Waals surface area contributed by atoms with Gasteiger partial charge in [0, 0.05) is 48.2 Å². The van der Waals surface area contributed by atoms with Crippen molar-refractivity contribution in [1.82, 2.24) is 10.2 Å². The minimum Gasteiger partial charge on any atom is -0.359 e. The topological polar surface area (TPSA) is 50.8 Å². The molecule has 5 aromatic rings. The van der Waals surface area contributed by atoms with Crippen LogP contribution in [0.5, 0.6) is 0 Å². The highest BCUT2D eigenvalue weighted by Gasteiger charge is 2.63. The average molecular weight is 770 g/mol. The second-order valence-corrected chi connectivity index (χ2v) is 13.7. The fourth-order valence-electron chi connectivity index (χ4n) is 7.53. The highest BCUT2D eigenvalue weighted by atomic mass is 79.9. The summed E-state index contributed by atoms with van der Waals surface area (Å²) in [5, 5.41) is 2.64. The van der Waals surface area contributed by atoms with Crippen molar-refractivity contribution in [2.24, 2.45) is 0 Å². The second kappa shape index (κ2) is 16.0. The van der Waals surface area contributed by atoms with Gasteiger partial charge in [0.25, 0.3) is 11.5 Å². The monoisotopic (exact) mass is 768 g/mol. The van der Waals surface area contributed by atoms with Crippen LogP contribution in [0.4, 0.5) is 13.2 Å². The summed E-state index contributed by atoms with van der Waals surface area (Å²) in [6, 6.07) is 44.5. The van der Waals surface area contributed by atoms with Crippen LogP contribution in [0.3, 0.4) is 0 Å². The van der Waals surface area contributed by atoms with Gasteiger partial charge in [-0.05, 0) is 34.4 Å². The maximum atomic E-state index is 14.8. The lowest BCUT2D eigenvalue weighted by molar-refractivity contribution is -0.266. The zero-order chi connectivity index (χ0) is 36.8. The highest BCUT2D eigenvalue weighted by Crippen LogP contribution is 2.46. The van der Waals surface area contributed by atoms with Gasteiger partial charge >= 0.3 is 6.18 Å². The summed E-state index contributed by atoms with van der Waals surface area (Å²) in [7, 11) is 0.907. The molecule has 1 saturated heterocycles. The summed E-state index contributed by atoms with van der Waals surface area (Å²) in [4.78, 5) is 15.9. The van der Waals surface area contributed by atoms with Crippen molar-refractivity contribution >= 4 is 21.8 Å². The number of carbonyl (C=O) groups is 1. The van der Waals surface area contributed by atoms with E-state index in [4.69, 9.17) is 9.47 Å². The van der Waals surface area contributed by atoms with Gasteiger partial charge in [0.05, 0.1) is 6.61 Å². The number of nitrogens with zero attached hydrogens (tertiary/aromatic N) is 1. The molecule has 0 spiro atoms. The molecule has 52 heavy (non-hydrogen) atoms. The Kier molecular flexibility index (Phi) is 11.5. The highest BCUT2D eigenvalue weighted by molar-refractivity contribution is 9.10. The maximum absolute atomic E-state index is 14.8. The molecule has 0 bridgehead atoms. The Morgan fingerprint density at radius 2 is 1.21 bits per heavy atom. The minimum atomic E-state index is -5.02. The quantitative estimate of drug-likeness (QED) is 0.0906. The summed E-state index contributed by atoms with van der Waals surface area (Å²) < 4.78 is 57.5. The molecule has 6 rings (SSSR count). The fraction of sp³-hybridized carbons (Fsp3) is 0.233. The van der Waals surface area contributed by atoms with Crippen molar-refractivity contribution in [3.63, 3.8) is 0 Å². The molecule has 1 N–H and O–H groups in total. The molecule has 0 saturated carbocycles. The number of hydrogen-bond donors (Lipinski definition) is 1. The molecule has 0 aliphatic carbocycles. The SMILES string of the molecule is C=CCN1[C@H](COC(c2ccccc2)(c2ccccc2)c2ccccc2)[C@@H](c2ccc(Br)cc2)[C@@H]1CNC(=O)[C@@](OC)(c1ccccc1)C(F)(F)F. The van der Waals surface area contributed by atoms with Crippen molar-refractivity contribution in [3.8, 4) is 0 Å². The van der Waals surface area contributed by atoms with Crippen molar-refractivity contribution in [2.45, 2.75) is 35.4 Å². The van der Waals surface area contributed by atoms with E-state index in [0.29, 0.717) is 6.54 Å². The van der Waals surface area contributed by atoms with Gasteiger partial charge in [0.15, 0.2) is 0 Å². The van der Waals surface area contributed by atoms with Crippen LogP contribution in [0.15, 0.2) is 163 Å². The van der Waals surface area contributed by atoms with E-state index < -0.39 is 23.3 Å². The Hall–Kier alpha value is -4.54. The largest absolute Gasteiger partial charge is 0.430 e. The maximum Gasteiger partial charge on any atom is 0.430 e. The summed E-state index contributed by atoms with van der Waals surface area (Å²) >= 11 is 3.53. The predicted molar refractivity (Wildman–Crippen MR) is 201 cm³/mol. The molecule has 9 heteroatoms. The van der Waals surface area contributed by atoms with Crippen molar-refractivity contribution in [2.75, 3.05) is 26.8 Å². The number of likely N-dealkylation sites (tertiary alicyclic amines) is 1. The molecular weight excluding hydrogens is 729 g/mol. The van der Waals surface area contributed by atoms with Gasteiger partial charge in [-0.25, -0.2) is 0 Å². The van der Waals surface area contributed by atoms with Crippen molar-refractivity contribution in [3.05, 3.63) is 191 Å². The first-order chi connectivity index (χ1) is 25.2. The molecule has 5 nitrogen and oxygen atoms in total. The van der Waals surface area contributed by atoms with E-state index in [1.54, 1.807) is 12.1 Å². The van der Waals surface area contributed by atoms with E-state index in [1.807, 2.05) is 78.9 Å². The molecule has 1 amide bonds. The van der Waals surface area contributed by atoms with E-state index in [0.717, 1.165) is 33.8 Å². The van der Waals surface area contributed by atoms with E-state index in [1.165, 1.54) is 24.3 Å². The normalized spacial score (nSPS) is 18.9. The molecule has 0 unspecified atom stereocenters. The number of nitrogens with one attached hydrogen (secondary N) is 1. The van der Waals surface area contributed by atoms with Crippen molar-refractivity contribution in [1.29, 1.82) is 0 Å². The average Bonchev–Trinajstić information content (AvgIpc) is 3.17. The molecule has 5 aromatic carbocycles. The van der Waals surface area contributed by atoms with Gasteiger partial charge < -0.3 is 14.8 Å². The van der Waals surface area contributed by atoms with E-state index in [9.17, 15) is 18.0 Å². The van der Waals surface area contributed by atoms with Crippen LogP contribution >= 0.6 is 15.9 Å². The number of benzene rings is 5. The Morgan fingerprint density at radius 3 is 1.63 bits per heavy atom. The number of carbonyl (C=O) groups excluding carboxylic acids is 1. The van der Waals surface area contributed by atoms with Gasteiger partial charge in [0.1, 0.15) is 5.60 Å². The Balaban J connectivity index is 1.37. The van der Waals surface area contributed by atoms with E-state index in [2.05, 4.69) is 69.1 Å². The lowest BCUT2D eigenvalue weighted by Crippen LogP contribution is -2.68. The zero-order valence-corrected chi connectivity index (χ0v) is 30.3. The number of alkyl halides is 3. The number of methoxy groups -OCH3 is 1. The standard InChI is InChI=1S/C43H40BrF3N2O3/c1-3-28-49-37(29-48-40(50)42(51-2,43(45,46)47)35-22-14-7-15-23-35)39(31-24-26-36(44)27-25-31)38(49)30-52-41(32-16-8-4-9-17-32,33-18-10-5-11-19-33)34-20-12-6-13-21-34/h3-27,37-39H,1,28-30H2,2H3,(H,48,50)/t37-,38+,39-,42-/m0/s1. The van der Waals surface area contributed by atoms with Gasteiger partial charge in [-0.3, -0.25) is 9.69 Å². The summed E-state index contributed by atoms with van der Waals surface area (Å²) in [6.07, 6.45) is -3.26.